The van der Waals surface area contributed by atoms with E-state index < -0.39 is 6.04 Å². The van der Waals surface area contributed by atoms with E-state index in [1.807, 2.05) is 35.1 Å². The smallest absolute Gasteiger partial charge is 0.255 e. The summed E-state index contributed by atoms with van der Waals surface area (Å²) in [4.78, 5) is 38.0. The van der Waals surface area contributed by atoms with Crippen LogP contribution in [0.5, 0.6) is 0 Å². The highest BCUT2D eigenvalue weighted by molar-refractivity contribution is 6.05. The average Bonchev–Trinajstić information content (AvgIpc) is 3.37. The number of fused-ring (bicyclic) bond motifs is 1. The molecule has 2 saturated heterocycles. The van der Waals surface area contributed by atoms with Gasteiger partial charge in [-0.25, -0.2) is 4.68 Å². The zero-order chi connectivity index (χ0) is 21.4. The number of anilines is 1. The summed E-state index contributed by atoms with van der Waals surface area (Å²) in [5.74, 6) is 0.175. The first-order valence-corrected chi connectivity index (χ1v) is 10.8. The molecule has 0 saturated carbocycles. The van der Waals surface area contributed by atoms with Gasteiger partial charge in [-0.3, -0.25) is 19.7 Å². The topological polar surface area (TPSA) is 108 Å². The molecule has 1 aromatic carbocycles. The fraction of sp³-hybridized carbons (Fsp3) is 0.455. The second kappa shape index (κ2) is 8.14. The second-order valence-corrected chi connectivity index (χ2v) is 8.41. The minimum Gasteiger partial charge on any atom is -0.366 e. The molecule has 2 atom stereocenters. The lowest BCUT2D eigenvalue weighted by molar-refractivity contribution is -0.136. The number of nitrogens with zero attached hydrogens (tertiary/aromatic N) is 3. The van der Waals surface area contributed by atoms with Crippen LogP contribution in [-0.4, -0.2) is 51.5 Å². The van der Waals surface area contributed by atoms with Gasteiger partial charge in [-0.05, 0) is 43.0 Å². The number of imide groups is 1. The molecule has 0 radical (unpaired) electrons. The van der Waals surface area contributed by atoms with E-state index in [2.05, 4.69) is 21.0 Å². The largest absolute Gasteiger partial charge is 0.366 e. The number of rotatable bonds is 5. The maximum absolute atomic E-state index is 12.8. The maximum atomic E-state index is 12.8. The minimum absolute atomic E-state index is 0.146. The number of piperidine rings is 2. The number of aromatic nitrogens is 2. The lowest BCUT2D eigenvalue weighted by Crippen LogP contribution is -2.52. The predicted molar refractivity (Wildman–Crippen MR) is 113 cm³/mol. The Labute approximate surface area is 180 Å². The lowest BCUT2D eigenvalue weighted by atomic mass is 10.0. The molecule has 0 spiro atoms. The van der Waals surface area contributed by atoms with E-state index in [0.29, 0.717) is 31.1 Å². The zero-order valence-corrected chi connectivity index (χ0v) is 17.3. The van der Waals surface area contributed by atoms with Gasteiger partial charge < -0.3 is 15.5 Å². The molecule has 9 heteroatoms. The van der Waals surface area contributed by atoms with Crippen molar-refractivity contribution in [3.05, 3.63) is 47.2 Å². The maximum Gasteiger partial charge on any atom is 0.255 e. The van der Waals surface area contributed by atoms with Gasteiger partial charge in [-0.2, -0.15) is 5.10 Å². The van der Waals surface area contributed by atoms with Crippen molar-refractivity contribution in [3.8, 4) is 0 Å². The number of hydrogen-bond acceptors (Lipinski definition) is 6. The Bertz CT molecular complexity index is 1030. The fourth-order valence-corrected chi connectivity index (χ4v) is 4.72. The van der Waals surface area contributed by atoms with Crippen LogP contribution in [0, 0.1) is 0 Å². The summed E-state index contributed by atoms with van der Waals surface area (Å²) in [5, 5.41) is 13.7. The number of amides is 3. The van der Waals surface area contributed by atoms with Crippen LogP contribution in [0.4, 0.5) is 5.82 Å². The molecular formula is C22H26N6O3. The van der Waals surface area contributed by atoms with E-state index in [4.69, 9.17) is 0 Å². The third-order valence-corrected chi connectivity index (χ3v) is 6.35. The third kappa shape index (κ3) is 3.81. The standard InChI is InChI=1S/C22H26N6O3/c29-20-6-5-18(21(30)26-20)27-13-15-10-14(3-4-17(15)22(27)31)11-24-19-7-9-25-28(19)16-2-1-8-23-12-16/h3-4,7,9-10,16,18,23-24H,1-2,5-6,8,11-13H2,(H,26,29,30). The molecule has 5 rings (SSSR count). The predicted octanol–water partition coefficient (Wildman–Crippen LogP) is 1.18. The molecule has 2 fully saturated rings. The van der Waals surface area contributed by atoms with Crippen LogP contribution in [-0.2, 0) is 22.7 Å². The molecule has 9 nitrogen and oxygen atoms in total. The number of carbonyl (C=O) groups is 3. The van der Waals surface area contributed by atoms with Crippen LogP contribution in [0.25, 0.3) is 0 Å². The normalized spacial score (nSPS) is 23.6. The van der Waals surface area contributed by atoms with Gasteiger partial charge >= 0.3 is 0 Å². The van der Waals surface area contributed by atoms with Crippen molar-refractivity contribution in [3.63, 3.8) is 0 Å². The first kappa shape index (κ1) is 19.7. The van der Waals surface area contributed by atoms with Crippen LogP contribution in [0.15, 0.2) is 30.5 Å². The van der Waals surface area contributed by atoms with Crippen molar-refractivity contribution in [1.29, 1.82) is 0 Å². The fourth-order valence-electron chi connectivity index (χ4n) is 4.72. The monoisotopic (exact) mass is 422 g/mol. The number of hydrogen-bond donors (Lipinski definition) is 3. The zero-order valence-electron chi connectivity index (χ0n) is 17.3. The highest BCUT2D eigenvalue weighted by atomic mass is 16.2. The Morgan fingerprint density at radius 2 is 2.06 bits per heavy atom. The van der Waals surface area contributed by atoms with Crippen LogP contribution in [0.1, 0.15) is 53.2 Å². The SMILES string of the molecule is O=C1CCC(N2Cc3cc(CNc4ccnn4C4CCCNC4)ccc3C2=O)C(=O)N1. The highest BCUT2D eigenvalue weighted by Crippen LogP contribution is 2.28. The quantitative estimate of drug-likeness (QED) is 0.625. The molecule has 0 aliphatic carbocycles. The van der Waals surface area contributed by atoms with E-state index in [9.17, 15) is 14.4 Å². The van der Waals surface area contributed by atoms with Gasteiger partial charge in [-0.1, -0.05) is 12.1 Å². The van der Waals surface area contributed by atoms with Crippen molar-refractivity contribution >= 4 is 23.5 Å². The molecule has 3 amide bonds. The van der Waals surface area contributed by atoms with Gasteiger partial charge in [0.15, 0.2) is 0 Å². The summed E-state index contributed by atoms with van der Waals surface area (Å²) in [5.41, 5.74) is 2.61. The highest BCUT2D eigenvalue weighted by Gasteiger charge is 2.39. The molecule has 1 aromatic heterocycles. The van der Waals surface area contributed by atoms with Gasteiger partial charge in [0.1, 0.15) is 11.9 Å². The summed E-state index contributed by atoms with van der Waals surface area (Å²) in [6.45, 7) is 2.99. The Kier molecular flexibility index (Phi) is 5.19. The third-order valence-electron chi connectivity index (χ3n) is 6.35. The summed E-state index contributed by atoms with van der Waals surface area (Å²) >= 11 is 0. The molecule has 2 aromatic rings. The number of carbonyl (C=O) groups excluding carboxylic acids is 3. The van der Waals surface area contributed by atoms with Gasteiger partial charge in [0.05, 0.1) is 12.2 Å². The molecule has 162 valence electrons. The van der Waals surface area contributed by atoms with Gasteiger partial charge in [0.25, 0.3) is 5.91 Å². The van der Waals surface area contributed by atoms with Crippen molar-refractivity contribution in [2.45, 2.75) is 50.9 Å². The Morgan fingerprint density at radius 1 is 1.16 bits per heavy atom. The average molecular weight is 422 g/mol. The van der Waals surface area contributed by atoms with E-state index in [-0.39, 0.29) is 24.1 Å². The summed E-state index contributed by atoms with van der Waals surface area (Å²) in [7, 11) is 0. The first-order chi connectivity index (χ1) is 15.1. The van der Waals surface area contributed by atoms with E-state index in [1.165, 1.54) is 0 Å². The van der Waals surface area contributed by atoms with E-state index >= 15 is 0 Å². The van der Waals surface area contributed by atoms with Gasteiger partial charge in [-0.15, -0.1) is 0 Å². The van der Waals surface area contributed by atoms with E-state index in [1.54, 1.807) is 4.90 Å². The van der Waals surface area contributed by atoms with Crippen molar-refractivity contribution in [1.82, 2.24) is 25.3 Å². The van der Waals surface area contributed by atoms with Gasteiger partial charge in [0, 0.05) is 37.7 Å². The molecule has 4 heterocycles. The van der Waals surface area contributed by atoms with Crippen LogP contribution in [0.3, 0.4) is 0 Å². The second-order valence-electron chi connectivity index (χ2n) is 8.41. The van der Waals surface area contributed by atoms with Crippen LogP contribution in [0.2, 0.25) is 0 Å². The molecule has 3 N–H and O–H groups in total. The summed E-state index contributed by atoms with van der Waals surface area (Å²) in [6.07, 6.45) is 4.71. The van der Waals surface area contributed by atoms with Crippen LogP contribution < -0.4 is 16.0 Å². The van der Waals surface area contributed by atoms with E-state index in [0.717, 1.165) is 42.9 Å². The Balaban J connectivity index is 1.26. The van der Waals surface area contributed by atoms with Crippen molar-refractivity contribution in [2.24, 2.45) is 0 Å². The van der Waals surface area contributed by atoms with Crippen molar-refractivity contribution in [2.75, 3.05) is 18.4 Å². The molecular weight excluding hydrogens is 396 g/mol. The first-order valence-electron chi connectivity index (χ1n) is 10.8. The number of benzene rings is 1. The number of nitrogens with one attached hydrogen (secondary N) is 3. The molecule has 0 bridgehead atoms. The van der Waals surface area contributed by atoms with Crippen molar-refractivity contribution < 1.29 is 14.4 Å². The molecule has 2 unspecified atom stereocenters. The Morgan fingerprint density at radius 3 is 2.87 bits per heavy atom. The van der Waals surface area contributed by atoms with Gasteiger partial charge in [0.2, 0.25) is 11.8 Å². The summed E-state index contributed by atoms with van der Waals surface area (Å²) in [6, 6.07) is 7.55. The lowest BCUT2D eigenvalue weighted by Gasteiger charge is -2.29. The van der Waals surface area contributed by atoms with Crippen LogP contribution >= 0.6 is 0 Å². The minimum atomic E-state index is -0.586. The molecule has 3 aliphatic rings. The molecule has 31 heavy (non-hydrogen) atoms. The molecule has 3 aliphatic heterocycles. The summed E-state index contributed by atoms with van der Waals surface area (Å²) < 4.78 is 2.05. The Hall–Kier alpha value is -3.20.